The highest BCUT2D eigenvalue weighted by atomic mass is 16.3. The number of aromatic nitrogens is 3. The zero-order chi connectivity index (χ0) is 11.0. The van der Waals surface area contributed by atoms with Gasteiger partial charge in [0.25, 0.3) is 0 Å². The van der Waals surface area contributed by atoms with E-state index >= 15 is 0 Å². The van der Waals surface area contributed by atoms with Crippen LogP contribution in [0, 0.1) is 6.92 Å². The second kappa shape index (κ2) is 3.41. The number of furan rings is 1. The molecule has 0 aliphatic heterocycles. The van der Waals surface area contributed by atoms with Crippen molar-refractivity contribution >= 4 is 11.0 Å². The maximum Gasteiger partial charge on any atom is 0.152 e. The normalized spacial score (nSPS) is 10.8. The molecule has 0 aromatic carbocycles. The van der Waals surface area contributed by atoms with Gasteiger partial charge in [-0.15, -0.1) is 5.10 Å². The second-order valence-corrected chi connectivity index (χ2v) is 3.56. The summed E-state index contributed by atoms with van der Waals surface area (Å²) in [6, 6.07) is 9.42. The molecule has 0 saturated heterocycles. The summed E-state index contributed by atoms with van der Waals surface area (Å²) in [4.78, 5) is 4.48. The second-order valence-electron chi connectivity index (χ2n) is 3.56. The molecule has 16 heavy (non-hydrogen) atoms. The van der Waals surface area contributed by atoms with Gasteiger partial charge in [-0.3, -0.25) is 0 Å². The molecule has 3 aromatic rings. The average molecular weight is 211 g/mol. The third kappa shape index (κ3) is 1.44. The van der Waals surface area contributed by atoms with Crippen LogP contribution in [0.2, 0.25) is 0 Å². The minimum atomic E-state index is 0.761. The first kappa shape index (κ1) is 9.03. The fourth-order valence-corrected chi connectivity index (χ4v) is 1.58. The van der Waals surface area contributed by atoms with Crippen LogP contribution < -0.4 is 0 Å². The number of hydrogen-bond donors (Lipinski definition) is 0. The third-order valence-corrected chi connectivity index (χ3v) is 2.34. The highest BCUT2D eigenvalue weighted by Crippen LogP contribution is 2.20. The third-order valence-electron chi connectivity index (χ3n) is 2.34. The molecule has 3 rings (SSSR count). The predicted octanol–water partition coefficient (Wildman–Crippen LogP) is 2.59. The first-order chi connectivity index (χ1) is 7.83. The molecular formula is C12H9N3O. The van der Waals surface area contributed by atoms with E-state index in [-0.39, 0.29) is 0 Å². The highest BCUT2D eigenvalue weighted by molar-refractivity contribution is 5.76. The van der Waals surface area contributed by atoms with Gasteiger partial charge in [-0.25, -0.2) is 4.98 Å². The number of aryl methyl sites for hydroxylation is 1. The molecule has 0 saturated carbocycles. The summed E-state index contributed by atoms with van der Waals surface area (Å²) in [6.45, 7) is 1.90. The molecule has 78 valence electrons. The lowest BCUT2D eigenvalue weighted by Gasteiger charge is -1.99. The fraction of sp³-hybridized carbons (Fsp3) is 0.0833. The molecule has 0 amide bonds. The largest absolute Gasteiger partial charge is 0.463 e. The molecule has 0 spiro atoms. The van der Waals surface area contributed by atoms with Gasteiger partial charge in [-0.05, 0) is 37.3 Å². The van der Waals surface area contributed by atoms with E-state index in [1.54, 1.807) is 6.26 Å². The number of hydrogen-bond acceptors (Lipinski definition) is 4. The summed E-state index contributed by atoms with van der Waals surface area (Å²) in [6.07, 6.45) is 1.64. The number of nitrogens with zero attached hydrogens (tertiary/aromatic N) is 3. The Morgan fingerprint density at radius 1 is 1.06 bits per heavy atom. The van der Waals surface area contributed by atoms with Gasteiger partial charge in [0.15, 0.2) is 5.76 Å². The topological polar surface area (TPSA) is 51.8 Å². The van der Waals surface area contributed by atoms with Gasteiger partial charge in [0.05, 0.1) is 17.5 Å². The van der Waals surface area contributed by atoms with Crippen LogP contribution in [0.4, 0.5) is 0 Å². The van der Waals surface area contributed by atoms with Crippen molar-refractivity contribution in [3.05, 3.63) is 42.3 Å². The summed E-state index contributed by atoms with van der Waals surface area (Å²) in [7, 11) is 0. The summed E-state index contributed by atoms with van der Waals surface area (Å²) < 4.78 is 5.30. The molecular weight excluding hydrogens is 202 g/mol. The Balaban J connectivity index is 2.22. The zero-order valence-electron chi connectivity index (χ0n) is 8.71. The minimum Gasteiger partial charge on any atom is -0.463 e. The van der Waals surface area contributed by atoms with Crippen LogP contribution in [0.3, 0.4) is 0 Å². The molecule has 0 aliphatic carbocycles. The maximum atomic E-state index is 5.30. The minimum absolute atomic E-state index is 0.761. The van der Waals surface area contributed by atoms with Gasteiger partial charge in [0, 0.05) is 0 Å². The van der Waals surface area contributed by atoms with Crippen LogP contribution in [0.15, 0.2) is 41.0 Å². The Morgan fingerprint density at radius 2 is 2.00 bits per heavy atom. The van der Waals surface area contributed by atoms with Gasteiger partial charge in [-0.1, -0.05) is 0 Å². The Bertz CT molecular complexity index is 632. The van der Waals surface area contributed by atoms with Crippen molar-refractivity contribution in [2.24, 2.45) is 0 Å². The van der Waals surface area contributed by atoms with Crippen molar-refractivity contribution in [3.8, 4) is 11.5 Å². The van der Waals surface area contributed by atoms with Crippen molar-refractivity contribution in [1.82, 2.24) is 15.2 Å². The first-order valence-electron chi connectivity index (χ1n) is 4.98. The molecule has 0 aliphatic rings. The Hall–Kier alpha value is -2.23. The summed E-state index contributed by atoms with van der Waals surface area (Å²) in [5.74, 6) is 0.761. The monoisotopic (exact) mass is 211 g/mol. The van der Waals surface area contributed by atoms with Crippen LogP contribution in [0.25, 0.3) is 22.5 Å². The molecule has 0 N–H and O–H groups in total. The van der Waals surface area contributed by atoms with Crippen molar-refractivity contribution in [2.75, 3.05) is 0 Å². The summed E-state index contributed by atoms with van der Waals surface area (Å²) in [5.41, 5.74) is 3.30. The van der Waals surface area contributed by atoms with E-state index in [1.165, 1.54) is 0 Å². The maximum absolute atomic E-state index is 5.30. The smallest absolute Gasteiger partial charge is 0.152 e. The fourth-order valence-electron chi connectivity index (χ4n) is 1.58. The van der Waals surface area contributed by atoms with Gasteiger partial charge in [0.2, 0.25) is 0 Å². The lowest BCUT2D eigenvalue weighted by Crippen LogP contribution is -1.91. The Kier molecular flexibility index (Phi) is 1.93. The van der Waals surface area contributed by atoms with E-state index in [0.717, 1.165) is 28.2 Å². The van der Waals surface area contributed by atoms with E-state index in [2.05, 4.69) is 15.2 Å². The Labute approximate surface area is 92.0 Å². The zero-order valence-corrected chi connectivity index (χ0v) is 8.71. The van der Waals surface area contributed by atoms with Crippen LogP contribution in [0.5, 0.6) is 0 Å². The molecule has 4 heteroatoms. The van der Waals surface area contributed by atoms with Crippen molar-refractivity contribution < 1.29 is 4.42 Å². The summed E-state index contributed by atoms with van der Waals surface area (Å²) >= 11 is 0. The standard InChI is InChI=1S/C12H9N3O/c1-8-7-11-9(15-14-8)4-5-10(13-11)12-3-2-6-16-12/h2-7H,1H3. The van der Waals surface area contributed by atoms with E-state index in [0.29, 0.717) is 0 Å². The van der Waals surface area contributed by atoms with Crippen LogP contribution >= 0.6 is 0 Å². The van der Waals surface area contributed by atoms with E-state index in [1.807, 2.05) is 37.3 Å². The van der Waals surface area contributed by atoms with Crippen molar-refractivity contribution in [3.63, 3.8) is 0 Å². The quantitative estimate of drug-likeness (QED) is 0.620. The van der Waals surface area contributed by atoms with Gasteiger partial charge < -0.3 is 4.42 Å². The van der Waals surface area contributed by atoms with E-state index in [9.17, 15) is 0 Å². The SMILES string of the molecule is Cc1cc2nc(-c3ccco3)ccc2nn1. The van der Waals surface area contributed by atoms with Crippen molar-refractivity contribution in [2.45, 2.75) is 6.92 Å². The summed E-state index contributed by atoms with van der Waals surface area (Å²) in [5, 5.41) is 8.05. The molecule has 4 nitrogen and oxygen atoms in total. The number of fused-ring (bicyclic) bond motifs is 1. The number of pyridine rings is 1. The average Bonchev–Trinajstić information content (AvgIpc) is 2.81. The molecule has 0 unspecified atom stereocenters. The van der Waals surface area contributed by atoms with Crippen molar-refractivity contribution in [1.29, 1.82) is 0 Å². The van der Waals surface area contributed by atoms with Gasteiger partial charge in [0.1, 0.15) is 11.2 Å². The lowest BCUT2D eigenvalue weighted by atomic mass is 10.2. The number of rotatable bonds is 1. The van der Waals surface area contributed by atoms with E-state index in [4.69, 9.17) is 4.42 Å². The van der Waals surface area contributed by atoms with Crippen LogP contribution in [-0.4, -0.2) is 15.2 Å². The van der Waals surface area contributed by atoms with Gasteiger partial charge >= 0.3 is 0 Å². The Morgan fingerprint density at radius 3 is 2.81 bits per heavy atom. The molecule has 3 heterocycles. The lowest BCUT2D eigenvalue weighted by molar-refractivity contribution is 0.580. The molecule has 3 aromatic heterocycles. The molecule has 0 fully saturated rings. The molecule has 0 bridgehead atoms. The van der Waals surface area contributed by atoms with Gasteiger partial charge in [-0.2, -0.15) is 5.10 Å². The molecule has 0 radical (unpaired) electrons. The predicted molar refractivity (Wildman–Crippen MR) is 59.8 cm³/mol. The highest BCUT2D eigenvalue weighted by Gasteiger charge is 2.04. The first-order valence-corrected chi connectivity index (χ1v) is 4.98. The van der Waals surface area contributed by atoms with Crippen LogP contribution in [0.1, 0.15) is 5.69 Å². The van der Waals surface area contributed by atoms with E-state index < -0.39 is 0 Å². The van der Waals surface area contributed by atoms with Crippen LogP contribution in [-0.2, 0) is 0 Å². The molecule has 0 atom stereocenters.